The van der Waals surface area contributed by atoms with Crippen molar-refractivity contribution in [2.45, 2.75) is 107 Å². The molecule has 0 spiro atoms. The standard InChI is InChI=1S/C36H47N5O8S2/c1-6-22-18-36(22,33(44)40-51(46,47)24-15-16-24)39-30(42)27-17-21(26-20-50-31(37-26)25-13-9-10-14-28(25)48-5)19-41(27)32(43)29(35(2,3)4)38-34(45)49-23-11-7-8-12-23/h6,9-10,13-14,20-24,27,29H,1,7-8,11-12,15-19H2,2-5H3,(H,38,45)(H,39,42)(H,40,44)/t21-,22-,27+,29?,36-/m1/s1. The summed E-state index contributed by atoms with van der Waals surface area (Å²) in [6, 6.07) is 5.43. The number of ether oxygens (including phenoxy) is 2. The number of carbonyl (C=O) groups is 4. The van der Waals surface area contributed by atoms with Gasteiger partial charge in [0, 0.05) is 23.8 Å². The van der Waals surface area contributed by atoms with Crippen LogP contribution in [0, 0.1) is 11.3 Å². The number of likely N-dealkylation sites (tertiary alicyclic amines) is 1. The lowest BCUT2D eigenvalue weighted by molar-refractivity contribution is -0.142. The first-order valence-corrected chi connectivity index (χ1v) is 20.0. The molecule has 1 aromatic carbocycles. The van der Waals surface area contributed by atoms with E-state index in [1.807, 2.05) is 50.4 Å². The highest BCUT2D eigenvalue weighted by atomic mass is 32.2. The zero-order valence-electron chi connectivity index (χ0n) is 29.5. The lowest BCUT2D eigenvalue weighted by atomic mass is 9.85. The van der Waals surface area contributed by atoms with Gasteiger partial charge in [-0.15, -0.1) is 17.9 Å². The van der Waals surface area contributed by atoms with Crippen LogP contribution in [0.1, 0.15) is 83.7 Å². The van der Waals surface area contributed by atoms with Gasteiger partial charge in [-0.2, -0.15) is 0 Å². The van der Waals surface area contributed by atoms with E-state index in [9.17, 15) is 27.6 Å². The van der Waals surface area contributed by atoms with Gasteiger partial charge in [0.05, 0.1) is 23.6 Å². The van der Waals surface area contributed by atoms with Crippen LogP contribution in [0.2, 0.25) is 0 Å². The average molecular weight is 742 g/mol. The van der Waals surface area contributed by atoms with E-state index >= 15 is 0 Å². The van der Waals surface area contributed by atoms with Crippen LogP contribution in [0.5, 0.6) is 5.75 Å². The number of methoxy groups -OCH3 is 1. The summed E-state index contributed by atoms with van der Waals surface area (Å²) in [6.45, 7) is 9.39. The number of nitrogens with one attached hydrogen (secondary N) is 3. The zero-order valence-corrected chi connectivity index (χ0v) is 31.1. The Morgan fingerprint density at radius 1 is 1.12 bits per heavy atom. The van der Waals surface area contributed by atoms with Gasteiger partial charge in [-0.05, 0) is 68.9 Å². The summed E-state index contributed by atoms with van der Waals surface area (Å²) in [5.41, 5.74) is -0.774. The Morgan fingerprint density at radius 2 is 1.82 bits per heavy atom. The topological polar surface area (TPSA) is 173 Å². The molecule has 3 saturated carbocycles. The summed E-state index contributed by atoms with van der Waals surface area (Å²) in [7, 11) is -2.29. The number of nitrogens with zero attached hydrogens (tertiary/aromatic N) is 2. The molecule has 4 aliphatic rings. The second-order valence-electron chi connectivity index (χ2n) is 15.2. The van der Waals surface area contributed by atoms with E-state index in [2.05, 4.69) is 21.9 Å². The van der Waals surface area contributed by atoms with Crippen molar-refractivity contribution in [3.63, 3.8) is 0 Å². The van der Waals surface area contributed by atoms with Gasteiger partial charge in [-0.25, -0.2) is 18.2 Å². The molecule has 2 aromatic rings. The minimum absolute atomic E-state index is 0.123. The number of benzene rings is 1. The molecular formula is C36H47N5O8S2. The molecule has 5 atom stereocenters. The van der Waals surface area contributed by atoms with E-state index in [-0.39, 0.29) is 31.4 Å². The molecule has 51 heavy (non-hydrogen) atoms. The average Bonchev–Trinajstić information content (AvgIpc) is 3.85. The molecule has 1 saturated heterocycles. The molecule has 3 aliphatic carbocycles. The van der Waals surface area contributed by atoms with E-state index in [0.717, 1.165) is 36.3 Å². The molecule has 3 N–H and O–H groups in total. The van der Waals surface area contributed by atoms with Crippen molar-refractivity contribution in [1.82, 2.24) is 25.2 Å². The summed E-state index contributed by atoms with van der Waals surface area (Å²) in [5.74, 6) is -2.07. The van der Waals surface area contributed by atoms with Crippen LogP contribution in [0.3, 0.4) is 0 Å². The molecule has 2 heterocycles. The van der Waals surface area contributed by atoms with Crippen LogP contribution in [0.25, 0.3) is 10.6 Å². The van der Waals surface area contributed by atoms with E-state index < -0.39 is 68.0 Å². The number of amides is 4. The second-order valence-corrected chi connectivity index (χ2v) is 18.0. The number of hydrogen-bond acceptors (Lipinski definition) is 10. The minimum Gasteiger partial charge on any atom is -0.496 e. The van der Waals surface area contributed by atoms with E-state index in [4.69, 9.17) is 14.5 Å². The van der Waals surface area contributed by atoms with Crippen LogP contribution in [0.4, 0.5) is 4.79 Å². The van der Waals surface area contributed by atoms with Gasteiger partial charge in [0.2, 0.25) is 21.8 Å². The molecule has 4 fully saturated rings. The number of sulfonamides is 1. The smallest absolute Gasteiger partial charge is 0.408 e. The van der Waals surface area contributed by atoms with Gasteiger partial charge in [-0.3, -0.25) is 19.1 Å². The van der Waals surface area contributed by atoms with Crippen LogP contribution >= 0.6 is 11.3 Å². The van der Waals surface area contributed by atoms with E-state index in [1.165, 1.54) is 22.3 Å². The highest BCUT2D eigenvalue weighted by molar-refractivity contribution is 7.91. The molecule has 13 nitrogen and oxygen atoms in total. The lowest BCUT2D eigenvalue weighted by Crippen LogP contribution is -2.60. The number of carbonyl (C=O) groups excluding carboxylic acids is 4. The van der Waals surface area contributed by atoms with E-state index in [0.29, 0.717) is 24.3 Å². The first-order valence-electron chi connectivity index (χ1n) is 17.5. The molecule has 0 bridgehead atoms. The number of aromatic nitrogens is 1. The number of para-hydroxylation sites is 1. The maximum atomic E-state index is 14.5. The lowest BCUT2D eigenvalue weighted by Gasteiger charge is -2.35. The van der Waals surface area contributed by atoms with Crippen molar-refractivity contribution >= 4 is 45.2 Å². The summed E-state index contributed by atoms with van der Waals surface area (Å²) >= 11 is 1.42. The molecule has 1 unspecified atom stereocenters. The molecule has 0 radical (unpaired) electrons. The zero-order chi connectivity index (χ0) is 36.7. The van der Waals surface area contributed by atoms with Crippen LogP contribution in [-0.4, -0.2) is 84.7 Å². The Labute approximate surface area is 303 Å². The Bertz CT molecular complexity index is 1800. The first-order chi connectivity index (χ1) is 24.2. The van der Waals surface area contributed by atoms with E-state index in [1.54, 1.807) is 7.11 Å². The Kier molecular flexibility index (Phi) is 10.3. The van der Waals surface area contributed by atoms with Crippen molar-refractivity contribution in [1.29, 1.82) is 0 Å². The first kappa shape index (κ1) is 36.8. The van der Waals surface area contributed by atoms with Gasteiger partial charge in [0.25, 0.3) is 5.91 Å². The number of rotatable bonds is 12. The highest BCUT2D eigenvalue weighted by Crippen LogP contribution is 2.46. The molecule has 1 aromatic heterocycles. The Balaban J connectivity index is 1.28. The molecule has 4 amide bonds. The largest absolute Gasteiger partial charge is 0.496 e. The van der Waals surface area contributed by atoms with Crippen molar-refractivity contribution < 1.29 is 37.1 Å². The molecule has 15 heteroatoms. The highest BCUT2D eigenvalue weighted by Gasteiger charge is 2.62. The molecular weight excluding hydrogens is 695 g/mol. The van der Waals surface area contributed by atoms with Gasteiger partial charge in [0.15, 0.2) is 0 Å². The monoisotopic (exact) mass is 741 g/mol. The summed E-state index contributed by atoms with van der Waals surface area (Å²) in [6.07, 6.45) is 5.41. The van der Waals surface area contributed by atoms with Crippen molar-refractivity contribution in [3.8, 4) is 16.3 Å². The normalized spacial score (nSPS) is 25.5. The van der Waals surface area contributed by atoms with Crippen LogP contribution < -0.4 is 20.1 Å². The third-order valence-corrected chi connectivity index (χ3v) is 13.1. The van der Waals surface area contributed by atoms with Gasteiger partial charge < -0.3 is 25.0 Å². The van der Waals surface area contributed by atoms with Crippen LogP contribution in [-0.2, 0) is 29.1 Å². The number of alkyl carbamates (subject to hydrolysis) is 1. The van der Waals surface area contributed by atoms with Crippen molar-refractivity contribution in [2.75, 3.05) is 13.7 Å². The Hall–Kier alpha value is -3.98. The summed E-state index contributed by atoms with van der Waals surface area (Å²) < 4.78 is 38.7. The maximum Gasteiger partial charge on any atom is 0.408 e. The number of hydrogen-bond donors (Lipinski definition) is 3. The fourth-order valence-electron chi connectivity index (χ4n) is 7.10. The van der Waals surface area contributed by atoms with Gasteiger partial charge in [0.1, 0.15) is 34.5 Å². The fourth-order valence-corrected chi connectivity index (χ4v) is 9.40. The van der Waals surface area contributed by atoms with Crippen molar-refractivity contribution in [2.24, 2.45) is 11.3 Å². The SMILES string of the molecule is C=C[C@@H]1C[C@]1(NC(=O)[C@@H]1C[C@@H](c2csc(-c3ccccc3OC)n2)CN1C(=O)C(NC(=O)OC1CCCC1)C(C)(C)C)C(=O)NS(=O)(=O)C1CC1. The predicted octanol–water partition coefficient (Wildman–Crippen LogP) is 4.26. The maximum absolute atomic E-state index is 14.5. The third-order valence-electron chi connectivity index (χ3n) is 10.4. The van der Waals surface area contributed by atoms with Crippen molar-refractivity contribution in [3.05, 3.63) is 48.0 Å². The van der Waals surface area contributed by atoms with Gasteiger partial charge >= 0.3 is 6.09 Å². The number of thiazole rings is 1. The third kappa shape index (κ3) is 7.79. The second kappa shape index (κ2) is 14.2. The fraction of sp³-hybridized carbons (Fsp3) is 0.583. The quantitative estimate of drug-likeness (QED) is 0.269. The Morgan fingerprint density at radius 3 is 2.45 bits per heavy atom. The van der Waals surface area contributed by atoms with Crippen LogP contribution in [0.15, 0.2) is 42.3 Å². The molecule has 276 valence electrons. The predicted molar refractivity (Wildman–Crippen MR) is 191 cm³/mol. The summed E-state index contributed by atoms with van der Waals surface area (Å²) in [5, 5.41) is 7.63. The van der Waals surface area contributed by atoms with Gasteiger partial charge in [-0.1, -0.05) is 39.0 Å². The minimum atomic E-state index is -3.88. The molecule has 1 aliphatic heterocycles. The summed E-state index contributed by atoms with van der Waals surface area (Å²) in [4.78, 5) is 61.7. The molecule has 6 rings (SSSR count).